The number of pyridine rings is 1. The lowest BCUT2D eigenvalue weighted by atomic mass is 9.99. The van der Waals surface area contributed by atoms with E-state index in [1.54, 1.807) is 10.9 Å². The first kappa shape index (κ1) is 19.5. The molecule has 0 saturated heterocycles. The Morgan fingerprint density at radius 2 is 1.90 bits per heavy atom. The van der Waals surface area contributed by atoms with Crippen LogP contribution in [0.25, 0.3) is 22.2 Å². The van der Waals surface area contributed by atoms with Gasteiger partial charge in [-0.2, -0.15) is 10.2 Å². The minimum absolute atomic E-state index is 0.280. The van der Waals surface area contributed by atoms with Crippen LogP contribution >= 0.6 is 0 Å². The normalized spacial score (nSPS) is 11.3. The highest BCUT2D eigenvalue weighted by Gasteiger charge is 2.14. The molecule has 2 heterocycles. The SMILES string of the molecule is Cc1ccc(-c2cc(C(=O)N/N=C\c3cn(C)nc3C)c3ccccc3n2)c(C)c1. The van der Waals surface area contributed by atoms with Crippen LogP contribution in [0.15, 0.2) is 59.8 Å². The molecule has 0 atom stereocenters. The van der Waals surface area contributed by atoms with Gasteiger partial charge in [-0.05, 0) is 38.5 Å². The van der Waals surface area contributed by atoms with E-state index < -0.39 is 0 Å². The van der Waals surface area contributed by atoms with E-state index in [0.29, 0.717) is 5.56 Å². The first-order chi connectivity index (χ1) is 14.4. The van der Waals surface area contributed by atoms with Crippen LogP contribution in [0.2, 0.25) is 0 Å². The molecule has 0 unspecified atom stereocenters. The standard InChI is InChI=1S/C24H23N5O/c1-15-9-10-19(16(2)11-15)23-12-21(20-7-5-6-8-22(20)26-23)24(30)27-25-13-18-14-29(4)28-17(18)3/h5-14H,1-4H3,(H,27,30)/b25-13-. The molecule has 2 aromatic carbocycles. The van der Waals surface area contributed by atoms with Gasteiger partial charge in [0, 0.05) is 29.8 Å². The van der Waals surface area contributed by atoms with Gasteiger partial charge in [0.2, 0.25) is 0 Å². The van der Waals surface area contributed by atoms with E-state index in [1.165, 1.54) is 5.56 Å². The van der Waals surface area contributed by atoms with Gasteiger partial charge in [0.25, 0.3) is 5.91 Å². The van der Waals surface area contributed by atoms with E-state index in [4.69, 9.17) is 4.98 Å². The first-order valence-corrected chi connectivity index (χ1v) is 9.73. The van der Waals surface area contributed by atoms with Crippen LogP contribution in [-0.2, 0) is 7.05 Å². The number of amides is 1. The summed E-state index contributed by atoms with van der Waals surface area (Å²) >= 11 is 0. The number of aryl methyl sites for hydroxylation is 4. The molecule has 0 bridgehead atoms. The van der Waals surface area contributed by atoms with Gasteiger partial charge in [0.15, 0.2) is 0 Å². The highest BCUT2D eigenvalue weighted by molar-refractivity contribution is 6.07. The predicted octanol–water partition coefficient (Wildman–Crippen LogP) is 4.32. The van der Waals surface area contributed by atoms with Gasteiger partial charge < -0.3 is 0 Å². The number of hydrazone groups is 1. The minimum Gasteiger partial charge on any atom is -0.275 e. The molecule has 0 saturated carbocycles. The van der Waals surface area contributed by atoms with Gasteiger partial charge in [-0.15, -0.1) is 0 Å². The van der Waals surface area contributed by atoms with Crippen molar-refractivity contribution >= 4 is 23.0 Å². The molecule has 0 spiro atoms. The van der Waals surface area contributed by atoms with Gasteiger partial charge in [-0.3, -0.25) is 9.48 Å². The fraction of sp³-hybridized carbons (Fsp3) is 0.167. The molecule has 1 amide bonds. The Balaban J connectivity index is 1.72. The molecule has 6 nitrogen and oxygen atoms in total. The molecular formula is C24H23N5O. The molecule has 150 valence electrons. The third-order valence-electron chi connectivity index (χ3n) is 5.04. The summed E-state index contributed by atoms with van der Waals surface area (Å²) in [4.78, 5) is 17.8. The fourth-order valence-electron chi connectivity index (χ4n) is 3.57. The number of aromatic nitrogens is 3. The summed E-state index contributed by atoms with van der Waals surface area (Å²) in [6, 6.07) is 15.7. The summed E-state index contributed by atoms with van der Waals surface area (Å²) in [6.45, 7) is 6.01. The smallest absolute Gasteiger partial charge is 0.272 e. The van der Waals surface area contributed by atoms with Crippen LogP contribution in [0.4, 0.5) is 0 Å². The lowest BCUT2D eigenvalue weighted by Crippen LogP contribution is -2.18. The van der Waals surface area contributed by atoms with Crippen LogP contribution in [0, 0.1) is 20.8 Å². The molecule has 4 aromatic rings. The van der Waals surface area contributed by atoms with E-state index in [2.05, 4.69) is 41.6 Å². The molecule has 1 N–H and O–H groups in total. The summed E-state index contributed by atoms with van der Waals surface area (Å²) in [5, 5.41) is 9.19. The number of nitrogens with one attached hydrogen (secondary N) is 1. The van der Waals surface area contributed by atoms with Crippen molar-refractivity contribution in [2.45, 2.75) is 20.8 Å². The Morgan fingerprint density at radius 3 is 2.63 bits per heavy atom. The average Bonchev–Trinajstić information content (AvgIpc) is 3.04. The Hall–Kier alpha value is -3.80. The zero-order valence-corrected chi connectivity index (χ0v) is 17.5. The highest BCUT2D eigenvalue weighted by atomic mass is 16.2. The zero-order chi connectivity index (χ0) is 21.3. The maximum absolute atomic E-state index is 13.0. The number of carbonyl (C=O) groups is 1. The molecule has 0 fully saturated rings. The van der Waals surface area contributed by atoms with Crippen molar-refractivity contribution in [2.75, 3.05) is 0 Å². The average molecular weight is 397 g/mol. The summed E-state index contributed by atoms with van der Waals surface area (Å²) in [5.41, 5.74) is 9.74. The van der Waals surface area contributed by atoms with Crippen molar-refractivity contribution in [1.29, 1.82) is 0 Å². The molecule has 30 heavy (non-hydrogen) atoms. The topological polar surface area (TPSA) is 72.2 Å². The number of hydrogen-bond acceptors (Lipinski definition) is 4. The van der Waals surface area contributed by atoms with Gasteiger partial charge in [-0.25, -0.2) is 10.4 Å². The number of rotatable bonds is 4. The summed E-state index contributed by atoms with van der Waals surface area (Å²) in [5.74, 6) is -0.280. The predicted molar refractivity (Wildman–Crippen MR) is 120 cm³/mol. The van der Waals surface area contributed by atoms with Gasteiger partial charge in [0.1, 0.15) is 0 Å². The van der Waals surface area contributed by atoms with E-state index in [0.717, 1.165) is 39.0 Å². The second-order valence-corrected chi connectivity index (χ2v) is 7.43. The maximum Gasteiger partial charge on any atom is 0.272 e. The summed E-state index contributed by atoms with van der Waals surface area (Å²) in [7, 11) is 1.85. The van der Waals surface area contributed by atoms with Crippen molar-refractivity contribution < 1.29 is 4.79 Å². The number of carbonyl (C=O) groups excluding carboxylic acids is 1. The second kappa shape index (κ2) is 7.91. The number of para-hydroxylation sites is 1. The van der Waals surface area contributed by atoms with E-state index in [9.17, 15) is 4.79 Å². The number of benzene rings is 2. The van der Waals surface area contributed by atoms with Crippen molar-refractivity contribution in [2.24, 2.45) is 12.1 Å². The zero-order valence-electron chi connectivity index (χ0n) is 17.5. The Bertz CT molecular complexity index is 1290. The summed E-state index contributed by atoms with van der Waals surface area (Å²) in [6.07, 6.45) is 3.46. The monoisotopic (exact) mass is 397 g/mol. The van der Waals surface area contributed by atoms with Crippen LogP contribution in [0.1, 0.15) is 32.7 Å². The van der Waals surface area contributed by atoms with Crippen molar-refractivity contribution in [3.63, 3.8) is 0 Å². The van der Waals surface area contributed by atoms with Crippen LogP contribution in [-0.4, -0.2) is 26.9 Å². The fourth-order valence-corrected chi connectivity index (χ4v) is 3.57. The molecule has 2 aromatic heterocycles. The lowest BCUT2D eigenvalue weighted by molar-refractivity contribution is 0.0956. The van der Waals surface area contributed by atoms with Gasteiger partial charge >= 0.3 is 0 Å². The molecular weight excluding hydrogens is 374 g/mol. The Morgan fingerprint density at radius 1 is 1.10 bits per heavy atom. The van der Waals surface area contributed by atoms with Crippen LogP contribution in [0.3, 0.4) is 0 Å². The molecule has 0 aliphatic rings. The van der Waals surface area contributed by atoms with Crippen molar-refractivity contribution in [1.82, 2.24) is 20.2 Å². The van der Waals surface area contributed by atoms with Gasteiger partial charge in [0.05, 0.1) is 28.7 Å². The van der Waals surface area contributed by atoms with Crippen LogP contribution < -0.4 is 5.43 Å². The molecule has 0 radical (unpaired) electrons. The van der Waals surface area contributed by atoms with E-state index in [1.807, 2.05) is 56.6 Å². The summed E-state index contributed by atoms with van der Waals surface area (Å²) < 4.78 is 1.71. The second-order valence-electron chi connectivity index (χ2n) is 7.43. The van der Waals surface area contributed by atoms with Crippen LogP contribution in [0.5, 0.6) is 0 Å². The Labute approximate surface area is 175 Å². The van der Waals surface area contributed by atoms with E-state index in [-0.39, 0.29) is 5.91 Å². The maximum atomic E-state index is 13.0. The number of fused-ring (bicyclic) bond motifs is 1. The quantitative estimate of drug-likeness (QED) is 0.412. The van der Waals surface area contributed by atoms with E-state index >= 15 is 0 Å². The molecule has 6 heteroatoms. The van der Waals surface area contributed by atoms with Crippen molar-refractivity contribution in [3.8, 4) is 11.3 Å². The molecule has 4 rings (SSSR count). The van der Waals surface area contributed by atoms with Crippen molar-refractivity contribution in [3.05, 3.63) is 82.7 Å². The minimum atomic E-state index is -0.280. The van der Waals surface area contributed by atoms with Gasteiger partial charge in [-0.1, -0.05) is 42.0 Å². The lowest BCUT2D eigenvalue weighted by Gasteiger charge is -2.11. The molecule has 0 aliphatic carbocycles. The third kappa shape index (κ3) is 3.85. The molecule has 0 aliphatic heterocycles. The largest absolute Gasteiger partial charge is 0.275 e. The Kier molecular flexibility index (Phi) is 5.14. The third-order valence-corrected chi connectivity index (χ3v) is 5.04. The number of nitrogens with zero attached hydrogens (tertiary/aromatic N) is 4. The first-order valence-electron chi connectivity index (χ1n) is 9.73. The number of hydrogen-bond donors (Lipinski definition) is 1. The highest BCUT2D eigenvalue weighted by Crippen LogP contribution is 2.27.